The Hall–Kier alpha value is -1.49. The number of hydrogen-bond donors (Lipinski definition) is 2. The molecule has 0 fully saturated rings. The van der Waals surface area contributed by atoms with Crippen LogP contribution in [0.4, 0.5) is 0 Å². The quantitative estimate of drug-likeness (QED) is 0.706. The molecule has 2 N–H and O–H groups in total. The molecule has 0 aliphatic rings. The number of carbonyl (C=O) groups excluding carboxylic acids is 1. The summed E-state index contributed by atoms with van der Waals surface area (Å²) in [6.07, 6.45) is -0.558. The average molecular weight is 195 g/mol. The van der Waals surface area contributed by atoms with Gasteiger partial charge in [0.25, 0.3) is 5.91 Å². The van der Waals surface area contributed by atoms with Crippen molar-refractivity contribution in [3.05, 3.63) is 23.5 Å². The molecule has 14 heavy (non-hydrogen) atoms. The van der Waals surface area contributed by atoms with Gasteiger partial charge in [-0.05, 0) is 26.0 Å². The van der Waals surface area contributed by atoms with Gasteiger partial charge >= 0.3 is 0 Å². The lowest BCUT2D eigenvalue weighted by molar-refractivity contribution is 0.0918. The number of nitrogens with one attached hydrogen (secondary N) is 1. The van der Waals surface area contributed by atoms with E-state index in [1.807, 2.05) is 0 Å². The van der Waals surface area contributed by atoms with Crippen LogP contribution in [0.3, 0.4) is 0 Å². The van der Waals surface area contributed by atoms with Gasteiger partial charge in [-0.3, -0.25) is 4.79 Å². The Morgan fingerprint density at radius 2 is 2.29 bits per heavy atom. The summed E-state index contributed by atoms with van der Waals surface area (Å²) >= 11 is 0. The van der Waals surface area contributed by atoms with Crippen LogP contribution in [0.15, 0.2) is 12.1 Å². The van der Waals surface area contributed by atoms with Crippen LogP contribution in [0.25, 0.3) is 0 Å². The zero-order valence-corrected chi connectivity index (χ0v) is 8.19. The molecule has 0 spiro atoms. The fourth-order valence-electron chi connectivity index (χ4n) is 0.851. The van der Waals surface area contributed by atoms with Crippen LogP contribution in [0.1, 0.15) is 23.1 Å². The minimum Gasteiger partial charge on any atom is -0.392 e. The molecule has 1 aromatic rings. The minimum atomic E-state index is -0.558. The number of aliphatic hydroxyl groups excluding tert-OH is 1. The van der Waals surface area contributed by atoms with Gasteiger partial charge in [0.15, 0.2) is 5.69 Å². The zero-order chi connectivity index (χ0) is 10.6. The third-order valence-electron chi connectivity index (χ3n) is 1.59. The van der Waals surface area contributed by atoms with E-state index in [1.54, 1.807) is 26.0 Å². The number of amides is 1. The number of aliphatic hydroxyl groups is 1. The summed E-state index contributed by atoms with van der Waals surface area (Å²) in [5.74, 6) is -0.321. The Balaban J connectivity index is 2.57. The van der Waals surface area contributed by atoms with Crippen molar-refractivity contribution in [2.45, 2.75) is 20.0 Å². The highest BCUT2D eigenvalue weighted by atomic mass is 16.3. The molecule has 1 heterocycles. The Labute approximate surface area is 82.2 Å². The number of nitrogens with zero attached hydrogens (tertiary/aromatic N) is 2. The van der Waals surface area contributed by atoms with Crippen LogP contribution < -0.4 is 5.32 Å². The third kappa shape index (κ3) is 3.10. The first-order chi connectivity index (χ1) is 6.59. The Morgan fingerprint density at radius 1 is 1.57 bits per heavy atom. The van der Waals surface area contributed by atoms with Crippen molar-refractivity contribution in [3.8, 4) is 0 Å². The average Bonchev–Trinajstić information content (AvgIpc) is 2.15. The van der Waals surface area contributed by atoms with Crippen molar-refractivity contribution in [2.75, 3.05) is 6.54 Å². The number of hydrogen-bond acceptors (Lipinski definition) is 4. The van der Waals surface area contributed by atoms with Gasteiger partial charge in [0.1, 0.15) is 0 Å². The van der Waals surface area contributed by atoms with E-state index in [9.17, 15) is 4.79 Å². The maximum Gasteiger partial charge on any atom is 0.271 e. The lowest BCUT2D eigenvalue weighted by atomic mass is 10.3. The van der Waals surface area contributed by atoms with Crippen molar-refractivity contribution >= 4 is 5.91 Å². The molecule has 1 atom stereocenters. The second-order valence-electron chi connectivity index (χ2n) is 3.12. The topological polar surface area (TPSA) is 75.1 Å². The molecule has 0 unspecified atom stereocenters. The highest BCUT2D eigenvalue weighted by Gasteiger charge is 2.07. The summed E-state index contributed by atoms with van der Waals surface area (Å²) in [5, 5.41) is 18.9. The standard InChI is InChI=1S/C9H13N3O2/c1-6-3-4-8(12-11-6)9(14)10-5-7(2)13/h3-4,7,13H,5H2,1-2H3,(H,10,14)/t7-/m0/s1. The van der Waals surface area contributed by atoms with Crippen molar-refractivity contribution in [3.63, 3.8) is 0 Å². The highest BCUT2D eigenvalue weighted by Crippen LogP contribution is 1.94. The van der Waals surface area contributed by atoms with Crippen LogP contribution in [-0.2, 0) is 0 Å². The molecule has 0 aromatic carbocycles. The van der Waals surface area contributed by atoms with E-state index in [0.717, 1.165) is 5.69 Å². The molecule has 0 saturated heterocycles. The normalized spacial score (nSPS) is 12.2. The molecule has 5 heteroatoms. The van der Waals surface area contributed by atoms with Crippen molar-refractivity contribution in [1.82, 2.24) is 15.5 Å². The van der Waals surface area contributed by atoms with E-state index in [2.05, 4.69) is 15.5 Å². The summed E-state index contributed by atoms with van der Waals surface area (Å²) in [7, 11) is 0. The van der Waals surface area contributed by atoms with Gasteiger partial charge in [0, 0.05) is 6.54 Å². The van der Waals surface area contributed by atoms with Gasteiger partial charge in [0.2, 0.25) is 0 Å². The van der Waals surface area contributed by atoms with Gasteiger partial charge in [0.05, 0.1) is 11.8 Å². The predicted octanol–water partition coefficient (Wildman–Crippen LogP) is -0.104. The maximum absolute atomic E-state index is 11.3. The molecule has 0 aliphatic heterocycles. The smallest absolute Gasteiger partial charge is 0.271 e. The second kappa shape index (κ2) is 4.66. The molecule has 0 saturated carbocycles. The molecule has 5 nitrogen and oxygen atoms in total. The maximum atomic E-state index is 11.3. The second-order valence-corrected chi connectivity index (χ2v) is 3.12. The molecule has 0 bridgehead atoms. The number of aryl methyl sites for hydroxylation is 1. The highest BCUT2D eigenvalue weighted by molar-refractivity contribution is 5.91. The summed E-state index contributed by atoms with van der Waals surface area (Å²) in [6.45, 7) is 3.61. The predicted molar refractivity (Wildman–Crippen MR) is 50.8 cm³/mol. The number of rotatable bonds is 3. The SMILES string of the molecule is Cc1ccc(C(=O)NC[C@H](C)O)nn1. The molecular formula is C9H13N3O2. The Kier molecular flexibility index (Phi) is 3.53. The van der Waals surface area contributed by atoms with Crippen molar-refractivity contribution in [1.29, 1.82) is 0 Å². The zero-order valence-electron chi connectivity index (χ0n) is 8.19. The lowest BCUT2D eigenvalue weighted by Gasteiger charge is -2.05. The number of carbonyl (C=O) groups is 1. The van der Waals surface area contributed by atoms with E-state index in [0.29, 0.717) is 0 Å². The van der Waals surface area contributed by atoms with Gasteiger partial charge in [-0.15, -0.1) is 5.10 Å². The first-order valence-corrected chi connectivity index (χ1v) is 4.36. The lowest BCUT2D eigenvalue weighted by Crippen LogP contribution is -2.31. The van der Waals surface area contributed by atoms with E-state index >= 15 is 0 Å². The minimum absolute atomic E-state index is 0.217. The van der Waals surface area contributed by atoms with E-state index in [1.165, 1.54) is 0 Å². The van der Waals surface area contributed by atoms with Gasteiger partial charge in [-0.2, -0.15) is 5.10 Å². The molecular weight excluding hydrogens is 182 g/mol. The number of aromatic nitrogens is 2. The van der Waals surface area contributed by atoms with Gasteiger partial charge in [-0.1, -0.05) is 0 Å². The first-order valence-electron chi connectivity index (χ1n) is 4.36. The Bertz CT molecular complexity index is 308. The molecule has 0 aliphatic carbocycles. The van der Waals surface area contributed by atoms with Gasteiger partial charge < -0.3 is 10.4 Å². The van der Waals surface area contributed by atoms with Crippen molar-refractivity contribution in [2.24, 2.45) is 0 Å². The van der Waals surface area contributed by atoms with Crippen LogP contribution in [0.2, 0.25) is 0 Å². The monoisotopic (exact) mass is 195 g/mol. The molecule has 1 aromatic heterocycles. The summed E-state index contributed by atoms with van der Waals surface area (Å²) in [4.78, 5) is 11.3. The third-order valence-corrected chi connectivity index (χ3v) is 1.59. The van der Waals surface area contributed by atoms with Crippen LogP contribution >= 0.6 is 0 Å². The van der Waals surface area contributed by atoms with Gasteiger partial charge in [-0.25, -0.2) is 0 Å². The van der Waals surface area contributed by atoms with Crippen molar-refractivity contribution < 1.29 is 9.90 Å². The molecule has 0 radical (unpaired) electrons. The molecule has 76 valence electrons. The van der Waals surface area contributed by atoms with E-state index < -0.39 is 6.10 Å². The Morgan fingerprint density at radius 3 is 2.79 bits per heavy atom. The van der Waals surface area contributed by atoms with Crippen LogP contribution in [0.5, 0.6) is 0 Å². The van der Waals surface area contributed by atoms with Crippen LogP contribution in [0, 0.1) is 6.92 Å². The molecule has 1 amide bonds. The fourth-order valence-corrected chi connectivity index (χ4v) is 0.851. The summed E-state index contributed by atoms with van der Waals surface area (Å²) in [6, 6.07) is 3.31. The summed E-state index contributed by atoms with van der Waals surface area (Å²) < 4.78 is 0. The summed E-state index contributed by atoms with van der Waals surface area (Å²) in [5.41, 5.74) is 1.02. The largest absolute Gasteiger partial charge is 0.392 e. The molecule has 1 rings (SSSR count). The van der Waals surface area contributed by atoms with Crippen LogP contribution in [-0.4, -0.2) is 33.9 Å². The fraction of sp³-hybridized carbons (Fsp3) is 0.444. The van der Waals surface area contributed by atoms with E-state index in [4.69, 9.17) is 5.11 Å². The first kappa shape index (κ1) is 10.6. The van der Waals surface area contributed by atoms with E-state index in [-0.39, 0.29) is 18.1 Å².